The Morgan fingerprint density at radius 3 is 2.67 bits per heavy atom. The predicted molar refractivity (Wildman–Crippen MR) is 109 cm³/mol. The molecule has 7 nitrogen and oxygen atoms in total. The van der Waals surface area contributed by atoms with Gasteiger partial charge < -0.3 is 10.2 Å². The van der Waals surface area contributed by atoms with Crippen molar-refractivity contribution in [2.45, 2.75) is 26.3 Å². The van der Waals surface area contributed by atoms with Gasteiger partial charge in [0, 0.05) is 19.2 Å². The van der Waals surface area contributed by atoms with Crippen molar-refractivity contribution in [1.29, 1.82) is 0 Å². The molecule has 0 aliphatic carbocycles. The molecule has 10 heteroatoms. The van der Waals surface area contributed by atoms with Gasteiger partial charge in [-0.25, -0.2) is 13.8 Å². The first kappa shape index (κ1) is 20.1. The summed E-state index contributed by atoms with van der Waals surface area (Å²) in [6.45, 7) is 2.86. The number of carbonyl (C=O) groups excluding carboxylic acids is 2. The number of thiophene rings is 1. The van der Waals surface area contributed by atoms with Crippen LogP contribution in [0, 0.1) is 18.6 Å². The molecule has 156 valence electrons. The van der Waals surface area contributed by atoms with Gasteiger partial charge in [0.25, 0.3) is 11.5 Å². The van der Waals surface area contributed by atoms with Gasteiger partial charge in [-0.15, -0.1) is 11.3 Å². The molecule has 0 spiro atoms. The van der Waals surface area contributed by atoms with E-state index in [0.29, 0.717) is 29.5 Å². The zero-order valence-electron chi connectivity index (χ0n) is 16.1. The summed E-state index contributed by atoms with van der Waals surface area (Å²) in [5.74, 6) is -2.42. The van der Waals surface area contributed by atoms with E-state index in [1.165, 1.54) is 10.9 Å². The normalized spacial score (nSPS) is 13.8. The zero-order chi connectivity index (χ0) is 21.4. The van der Waals surface area contributed by atoms with E-state index in [4.69, 9.17) is 0 Å². The predicted octanol–water partition coefficient (Wildman–Crippen LogP) is 2.92. The van der Waals surface area contributed by atoms with Crippen LogP contribution in [-0.4, -0.2) is 39.4 Å². The van der Waals surface area contributed by atoms with E-state index in [1.54, 1.807) is 11.8 Å². The largest absolute Gasteiger partial charge is 0.341 e. The third-order valence-corrected chi connectivity index (χ3v) is 6.27. The molecular weight excluding hydrogens is 414 g/mol. The second-order valence-corrected chi connectivity index (χ2v) is 8.08. The summed E-state index contributed by atoms with van der Waals surface area (Å²) in [7, 11) is 0. The maximum Gasteiger partial charge on any atom is 0.266 e. The van der Waals surface area contributed by atoms with Crippen molar-refractivity contribution >= 4 is 39.1 Å². The lowest BCUT2D eigenvalue weighted by Gasteiger charge is -2.15. The lowest BCUT2D eigenvalue weighted by atomic mass is 10.2. The molecule has 30 heavy (non-hydrogen) atoms. The van der Waals surface area contributed by atoms with Crippen molar-refractivity contribution in [3.05, 3.63) is 57.0 Å². The van der Waals surface area contributed by atoms with Crippen molar-refractivity contribution in [2.24, 2.45) is 0 Å². The van der Waals surface area contributed by atoms with Crippen LogP contribution in [0.4, 0.5) is 14.5 Å². The van der Waals surface area contributed by atoms with Gasteiger partial charge in [0.15, 0.2) is 0 Å². The van der Waals surface area contributed by atoms with Gasteiger partial charge in [0.1, 0.15) is 23.0 Å². The first-order valence-corrected chi connectivity index (χ1v) is 10.2. The molecule has 1 saturated heterocycles. The van der Waals surface area contributed by atoms with Crippen molar-refractivity contribution in [3.63, 3.8) is 0 Å². The van der Waals surface area contributed by atoms with E-state index in [-0.39, 0.29) is 28.4 Å². The van der Waals surface area contributed by atoms with Gasteiger partial charge in [-0.1, -0.05) is 0 Å². The molecule has 0 bridgehead atoms. The molecule has 1 aromatic carbocycles. The number of halogens is 2. The molecule has 1 aliphatic rings. The van der Waals surface area contributed by atoms with E-state index in [2.05, 4.69) is 10.3 Å². The second-order valence-electron chi connectivity index (χ2n) is 7.08. The fourth-order valence-electron chi connectivity index (χ4n) is 3.47. The maximum absolute atomic E-state index is 13.8. The highest BCUT2D eigenvalue weighted by molar-refractivity contribution is 7.20. The highest BCUT2D eigenvalue weighted by Gasteiger charge is 2.23. The third-order valence-electron chi connectivity index (χ3n) is 5.07. The number of aromatic nitrogens is 2. The van der Waals surface area contributed by atoms with Crippen LogP contribution < -0.4 is 10.9 Å². The summed E-state index contributed by atoms with van der Waals surface area (Å²) in [6, 6.07) is 2.83. The van der Waals surface area contributed by atoms with E-state index >= 15 is 0 Å². The minimum absolute atomic E-state index is 0.112. The van der Waals surface area contributed by atoms with Crippen LogP contribution in [0.5, 0.6) is 0 Å². The number of amides is 2. The smallest absolute Gasteiger partial charge is 0.266 e. The topological polar surface area (TPSA) is 84.3 Å². The van der Waals surface area contributed by atoms with Gasteiger partial charge >= 0.3 is 0 Å². The highest BCUT2D eigenvalue weighted by Crippen LogP contribution is 2.28. The van der Waals surface area contributed by atoms with E-state index in [0.717, 1.165) is 36.3 Å². The molecule has 4 rings (SSSR count). The molecule has 1 N–H and O–H groups in total. The van der Waals surface area contributed by atoms with Gasteiger partial charge in [-0.3, -0.25) is 19.0 Å². The number of carbonyl (C=O) groups is 2. The molecule has 3 heterocycles. The number of benzene rings is 1. The highest BCUT2D eigenvalue weighted by atomic mass is 32.1. The number of fused-ring (bicyclic) bond motifs is 1. The van der Waals surface area contributed by atoms with Crippen LogP contribution in [0.1, 0.15) is 28.1 Å². The minimum atomic E-state index is -0.900. The van der Waals surface area contributed by atoms with Crippen LogP contribution in [0.25, 0.3) is 10.2 Å². The molecule has 2 amide bonds. The fraction of sp³-hybridized carbons (Fsp3) is 0.300. The molecule has 0 radical (unpaired) electrons. The van der Waals surface area contributed by atoms with Crippen LogP contribution in [0.15, 0.2) is 29.3 Å². The SMILES string of the molecule is Cc1c(C(=O)Nc2ccc(F)cc2F)sc2ncn(CC(=O)N3CCCC3)c(=O)c12. The monoisotopic (exact) mass is 432 g/mol. The van der Waals surface area contributed by atoms with Crippen molar-refractivity contribution in [1.82, 2.24) is 14.5 Å². The molecule has 2 aromatic heterocycles. The number of aryl methyl sites for hydroxylation is 1. The van der Waals surface area contributed by atoms with Crippen LogP contribution in [-0.2, 0) is 11.3 Å². The standard InChI is InChI=1S/C20H18F2N4O3S/c1-11-16-19(23-10-26(20(16)29)9-15(27)25-6-2-3-7-25)30-17(11)18(28)24-14-5-4-12(21)8-13(14)22/h4-5,8,10H,2-3,6-7,9H2,1H3,(H,24,28). The van der Waals surface area contributed by atoms with Crippen molar-refractivity contribution in [2.75, 3.05) is 18.4 Å². The van der Waals surface area contributed by atoms with Crippen molar-refractivity contribution < 1.29 is 18.4 Å². The summed E-state index contributed by atoms with van der Waals surface area (Å²) < 4.78 is 28.1. The maximum atomic E-state index is 13.8. The molecule has 0 unspecified atom stereocenters. The second kappa shape index (κ2) is 7.94. The average Bonchev–Trinajstić information content (AvgIpc) is 3.35. The third kappa shape index (κ3) is 3.70. The van der Waals surface area contributed by atoms with Gasteiger partial charge in [-0.05, 0) is 37.5 Å². The molecule has 0 saturated carbocycles. The number of nitrogens with zero attached hydrogens (tertiary/aromatic N) is 3. The fourth-order valence-corrected chi connectivity index (χ4v) is 4.51. The average molecular weight is 432 g/mol. The van der Waals surface area contributed by atoms with Gasteiger partial charge in [-0.2, -0.15) is 0 Å². The lowest BCUT2D eigenvalue weighted by molar-refractivity contribution is -0.130. The number of hydrogen-bond donors (Lipinski definition) is 1. The molecule has 1 aliphatic heterocycles. The van der Waals surface area contributed by atoms with Crippen LogP contribution >= 0.6 is 11.3 Å². The summed E-state index contributed by atoms with van der Waals surface area (Å²) >= 11 is 0.999. The summed E-state index contributed by atoms with van der Waals surface area (Å²) in [4.78, 5) is 44.4. The van der Waals surface area contributed by atoms with E-state index in [1.807, 2.05) is 0 Å². The number of nitrogens with one attached hydrogen (secondary N) is 1. The summed E-state index contributed by atoms with van der Waals surface area (Å²) in [6.07, 6.45) is 3.21. The lowest BCUT2D eigenvalue weighted by Crippen LogP contribution is -2.34. The first-order valence-electron chi connectivity index (χ1n) is 9.38. The summed E-state index contributed by atoms with van der Waals surface area (Å²) in [5.41, 5.74) is -0.177. The van der Waals surface area contributed by atoms with E-state index < -0.39 is 23.1 Å². The molecule has 1 fully saturated rings. The zero-order valence-corrected chi connectivity index (χ0v) is 16.9. The molecule has 0 atom stereocenters. The Labute approximate surface area is 173 Å². The Morgan fingerprint density at radius 2 is 1.97 bits per heavy atom. The Balaban J connectivity index is 1.63. The Bertz CT molecular complexity index is 1210. The minimum Gasteiger partial charge on any atom is -0.341 e. The van der Waals surface area contributed by atoms with Crippen molar-refractivity contribution in [3.8, 4) is 0 Å². The number of likely N-dealkylation sites (tertiary alicyclic amines) is 1. The van der Waals surface area contributed by atoms with Crippen LogP contribution in [0.3, 0.4) is 0 Å². The quantitative estimate of drug-likeness (QED) is 0.687. The Morgan fingerprint density at radius 1 is 1.23 bits per heavy atom. The summed E-state index contributed by atoms with van der Waals surface area (Å²) in [5, 5.41) is 2.64. The van der Waals surface area contributed by atoms with Gasteiger partial charge in [0.2, 0.25) is 5.91 Å². The number of hydrogen-bond acceptors (Lipinski definition) is 5. The first-order chi connectivity index (χ1) is 14.3. The Kier molecular flexibility index (Phi) is 5.33. The Hall–Kier alpha value is -3.14. The molecule has 3 aromatic rings. The number of anilines is 1. The van der Waals surface area contributed by atoms with E-state index in [9.17, 15) is 23.2 Å². The molecular formula is C20H18F2N4O3S. The number of rotatable bonds is 4. The van der Waals surface area contributed by atoms with Crippen LogP contribution in [0.2, 0.25) is 0 Å². The van der Waals surface area contributed by atoms with Gasteiger partial charge in [0.05, 0.1) is 22.3 Å².